The van der Waals surface area contributed by atoms with E-state index in [2.05, 4.69) is 53.2 Å². The van der Waals surface area contributed by atoms with Gasteiger partial charge in [0, 0.05) is 36.9 Å². The van der Waals surface area contributed by atoms with Crippen LogP contribution < -0.4 is 81.8 Å². The summed E-state index contributed by atoms with van der Waals surface area (Å²) >= 11 is 6.14. The quantitative estimate of drug-likeness (QED) is 0.0524. The van der Waals surface area contributed by atoms with E-state index in [4.69, 9.17) is 40.3 Å². The Morgan fingerprint density at radius 2 is 1.15 bits per heavy atom. The molecule has 0 spiro atoms. The van der Waals surface area contributed by atoms with Crippen LogP contribution in [0.2, 0.25) is 5.02 Å². The first-order valence-corrected chi connectivity index (χ1v) is 27.0. The summed E-state index contributed by atoms with van der Waals surface area (Å²) in [5, 5.41) is 47.1. The summed E-state index contributed by atoms with van der Waals surface area (Å²) in [6.45, 7) is 4.54. The predicted octanol–water partition coefficient (Wildman–Crippen LogP) is -5.29. The first kappa shape index (κ1) is 67.4. The van der Waals surface area contributed by atoms with Crippen molar-refractivity contribution in [3.05, 3.63) is 70.7 Å². The number of halogens is 1. The lowest BCUT2D eigenvalue weighted by atomic mass is 9.95. The number of carbonyl (C=O) groups is 10. The van der Waals surface area contributed by atoms with Gasteiger partial charge in [-0.25, -0.2) is 0 Å². The van der Waals surface area contributed by atoms with Gasteiger partial charge in [0.1, 0.15) is 54.4 Å². The summed E-state index contributed by atoms with van der Waals surface area (Å²) in [5.41, 5.74) is 30.8. The van der Waals surface area contributed by atoms with E-state index in [0.29, 0.717) is 16.1 Å². The number of hydrogen-bond donors (Lipinski definition) is 17. The third-order valence-corrected chi connectivity index (χ3v) is 13.2. The number of rotatable bonds is 22. The zero-order valence-electron chi connectivity index (χ0n) is 45.6. The Morgan fingerprint density at radius 3 is 1.66 bits per heavy atom. The van der Waals surface area contributed by atoms with Crippen molar-refractivity contribution in [3.8, 4) is 0 Å². The molecular formula is C52H82ClN15O12. The molecule has 444 valence electrons. The van der Waals surface area contributed by atoms with Gasteiger partial charge in [-0.1, -0.05) is 67.9 Å². The molecule has 10 amide bonds. The molecule has 0 aliphatic carbocycles. The molecule has 2 aromatic rings. The summed E-state index contributed by atoms with van der Waals surface area (Å²) in [4.78, 5) is 140. The number of nitrogens with one attached hydrogen (secondary N) is 10. The van der Waals surface area contributed by atoms with Crippen LogP contribution >= 0.6 is 11.6 Å². The number of aliphatic hydroxyl groups excluding tert-OH is 2. The molecule has 0 aromatic heterocycles. The van der Waals surface area contributed by atoms with Crippen LogP contribution in [-0.4, -0.2) is 175 Å². The Labute approximate surface area is 470 Å². The standard InChI is InChI=1S/C52H82ClN15O12/c1-27(2)21-38-48(76)62-34(13-17-54)44(72)61-36(15-19-56)47(75)68-42(28(3)69)51(79)59-20-16-37(46(74)60-35(14-18-55)45(73)65-39(49(77)64-38)22-30-9-6-5-7-10-30)63-50(78)40(26-58)66-52(80)43(29(4)70)67-41(71)24-32(25-57)31-11-8-12-33(53)23-31/h5-12,23,27-29,32,34-40,42-43,69-70H,13-22,24-26,54-58H2,1-4H3,(H,59,79)(H,60,74)(H,61,72)(H,62,76)(H,63,78)(H,64,77)(H,65,73)(H,66,80)(H,67,71)(H,68,75)/t28-,29-,32+,34+,35+,36+,37+,38+,39-,40+,42+,43+/m1/s1. The average Bonchev–Trinajstić information content (AvgIpc) is 3.40. The van der Waals surface area contributed by atoms with Gasteiger partial charge in [-0.2, -0.15) is 0 Å². The third kappa shape index (κ3) is 22.0. The molecule has 1 aliphatic heterocycles. The molecule has 0 radical (unpaired) electrons. The lowest BCUT2D eigenvalue weighted by Gasteiger charge is -2.28. The number of carbonyl (C=O) groups excluding carboxylic acids is 10. The first-order valence-electron chi connectivity index (χ1n) is 26.6. The predicted molar refractivity (Wildman–Crippen MR) is 296 cm³/mol. The molecule has 1 saturated heterocycles. The highest BCUT2D eigenvalue weighted by atomic mass is 35.5. The van der Waals surface area contributed by atoms with Crippen molar-refractivity contribution < 1.29 is 58.2 Å². The zero-order valence-corrected chi connectivity index (χ0v) is 46.4. The maximum absolute atomic E-state index is 14.4. The molecule has 27 nitrogen and oxygen atoms in total. The molecule has 2 aromatic carbocycles. The summed E-state index contributed by atoms with van der Waals surface area (Å²) in [7, 11) is 0. The molecule has 1 heterocycles. The lowest BCUT2D eigenvalue weighted by Crippen LogP contribution is -2.62. The molecule has 12 atom stereocenters. The van der Waals surface area contributed by atoms with Gasteiger partial charge < -0.3 is 92.0 Å². The van der Waals surface area contributed by atoms with Crippen molar-refractivity contribution in [1.82, 2.24) is 53.2 Å². The second-order valence-electron chi connectivity index (χ2n) is 20.0. The average molecular weight is 1140 g/mol. The fourth-order valence-electron chi connectivity index (χ4n) is 8.53. The largest absolute Gasteiger partial charge is 0.391 e. The molecule has 3 rings (SSSR count). The highest BCUT2D eigenvalue weighted by molar-refractivity contribution is 6.30. The molecule has 28 heteroatoms. The van der Waals surface area contributed by atoms with Crippen LogP contribution in [0.5, 0.6) is 0 Å². The fourth-order valence-corrected chi connectivity index (χ4v) is 8.73. The van der Waals surface area contributed by atoms with Crippen LogP contribution in [0.4, 0.5) is 0 Å². The van der Waals surface area contributed by atoms with E-state index < -0.39 is 151 Å². The van der Waals surface area contributed by atoms with E-state index in [1.807, 2.05) is 0 Å². The zero-order chi connectivity index (χ0) is 59.6. The summed E-state index contributed by atoms with van der Waals surface area (Å²) < 4.78 is 0. The monoisotopic (exact) mass is 1140 g/mol. The van der Waals surface area contributed by atoms with Crippen LogP contribution in [-0.2, 0) is 54.4 Å². The minimum Gasteiger partial charge on any atom is -0.391 e. The molecule has 80 heavy (non-hydrogen) atoms. The van der Waals surface area contributed by atoms with Crippen molar-refractivity contribution in [2.45, 2.75) is 145 Å². The lowest BCUT2D eigenvalue weighted by molar-refractivity contribution is -0.136. The fraction of sp³-hybridized carbons (Fsp3) is 0.577. The van der Waals surface area contributed by atoms with Crippen molar-refractivity contribution in [2.75, 3.05) is 39.3 Å². The first-order chi connectivity index (χ1) is 38.0. The van der Waals surface area contributed by atoms with Crippen LogP contribution in [0.15, 0.2) is 54.6 Å². The number of aliphatic hydroxyl groups is 2. The topological polar surface area (TPSA) is 462 Å². The van der Waals surface area contributed by atoms with Crippen LogP contribution in [0, 0.1) is 5.92 Å². The molecule has 0 saturated carbocycles. The second-order valence-corrected chi connectivity index (χ2v) is 20.4. The highest BCUT2D eigenvalue weighted by Crippen LogP contribution is 2.22. The summed E-state index contributed by atoms with van der Waals surface area (Å²) in [6, 6.07) is 1.70. The molecule has 1 aliphatic rings. The SMILES string of the molecule is CC(C)C[C@@H]1NC(=O)[C@@H](Cc2ccccc2)NC(=O)[C@H](CCN)NC(=O)[C@@H](NC(=O)[C@H](CN)NC(=O)[C@@H](NC(=O)C[C@@H](CN)c2cccc(Cl)c2)[C@@H](C)O)CCNC(=O)[C@H]([C@@H](C)O)NC(=O)[C@H](CCN)NC(=O)[C@H](CCN)NC1=O. The Morgan fingerprint density at radius 1 is 0.625 bits per heavy atom. The Bertz CT molecular complexity index is 2400. The minimum atomic E-state index is -1.68. The van der Waals surface area contributed by atoms with Crippen molar-refractivity contribution in [2.24, 2.45) is 34.6 Å². The number of hydrogen-bond acceptors (Lipinski definition) is 17. The van der Waals surface area contributed by atoms with Crippen molar-refractivity contribution in [1.29, 1.82) is 0 Å². The summed E-state index contributed by atoms with van der Waals surface area (Å²) in [6.07, 6.45) is -4.32. The summed E-state index contributed by atoms with van der Waals surface area (Å²) in [5.74, 6) is -9.88. The second kappa shape index (κ2) is 34.3. The van der Waals surface area contributed by atoms with Gasteiger partial charge in [0.25, 0.3) is 0 Å². The third-order valence-electron chi connectivity index (χ3n) is 12.9. The van der Waals surface area contributed by atoms with Crippen molar-refractivity contribution in [3.63, 3.8) is 0 Å². The van der Waals surface area contributed by atoms with Gasteiger partial charge >= 0.3 is 0 Å². The maximum atomic E-state index is 14.4. The van der Waals surface area contributed by atoms with Crippen LogP contribution in [0.1, 0.15) is 83.3 Å². The number of benzene rings is 2. The van der Waals surface area contributed by atoms with E-state index >= 15 is 0 Å². The van der Waals surface area contributed by atoms with E-state index in [-0.39, 0.29) is 70.6 Å². The molecular weight excluding hydrogens is 1060 g/mol. The molecule has 22 N–H and O–H groups in total. The van der Waals surface area contributed by atoms with Gasteiger partial charge in [0.15, 0.2) is 0 Å². The Hall–Kier alpha value is -6.85. The number of nitrogens with two attached hydrogens (primary N) is 5. The Balaban J connectivity index is 2.07. The van der Waals surface area contributed by atoms with Crippen LogP contribution in [0.25, 0.3) is 0 Å². The van der Waals surface area contributed by atoms with E-state index in [0.717, 1.165) is 0 Å². The molecule has 0 bridgehead atoms. The van der Waals surface area contributed by atoms with E-state index in [1.165, 1.54) is 13.8 Å². The smallest absolute Gasteiger partial charge is 0.245 e. The van der Waals surface area contributed by atoms with Gasteiger partial charge in [-0.05, 0) is 101 Å². The highest BCUT2D eigenvalue weighted by Gasteiger charge is 2.37. The van der Waals surface area contributed by atoms with E-state index in [1.54, 1.807) is 68.4 Å². The minimum absolute atomic E-state index is 0.0295. The Kier molecular flexibility index (Phi) is 28.9. The molecule has 1 fully saturated rings. The van der Waals surface area contributed by atoms with Gasteiger partial charge in [0.05, 0.1) is 12.2 Å². The number of amides is 10. The van der Waals surface area contributed by atoms with Crippen LogP contribution in [0.3, 0.4) is 0 Å². The van der Waals surface area contributed by atoms with E-state index in [9.17, 15) is 58.2 Å². The maximum Gasteiger partial charge on any atom is 0.245 e. The molecule has 0 unspecified atom stereocenters. The van der Waals surface area contributed by atoms with Gasteiger partial charge in [0.2, 0.25) is 59.1 Å². The van der Waals surface area contributed by atoms with Crippen molar-refractivity contribution >= 4 is 70.7 Å². The van der Waals surface area contributed by atoms with Gasteiger partial charge in [-0.15, -0.1) is 0 Å². The van der Waals surface area contributed by atoms with Gasteiger partial charge in [-0.3, -0.25) is 47.9 Å². The normalized spacial score (nSPS) is 23.2.